The maximum Gasteiger partial charge on any atom is 0.458 e. The summed E-state index contributed by atoms with van der Waals surface area (Å²) in [7, 11) is 5.93. The average molecular weight is 1620 g/mol. The summed E-state index contributed by atoms with van der Waals surface area (Å²) in [6, 6.07) is 9.42. The van der Waals surface area contributed by atoms with Crippen molar-refractivity contribution in [2.24, 2.45) is 23.5 Å². The van der Waals surface area contributed by atoms with Gasteiger partial charge in [-0.2, -0.15) is 35.1 Å². The maximum atomic E-state index is 15.0. The highest BCUT2D eigenvalue weighted by Gasteiger charge is 2.64. The monoisotopic (exact) mass is 1620 g/mol. The molecule has 4 aliphatic rings. The number of hydrogen-bond acceptors (Lipinski definition) is 21. The molecule has 21 nitrogen and oxygen atoms in total. The number of rotatable bonds is 17. The molecule has 0 radical (unpaired) electrons. The Bertz CT molecular complexity index is 4930. The molecule has 9 aromatic rings. The van der Waals surface area contributed by atoms with E-state index in [4.69, 9.17) is 19.9 Å². The second-order valence-corrected chi connectivity index (χ2v) is 31.1. The van der Waals surface area contributed by atoms with Gasteiger partial charge in [-0.05, 0) is 183 Å². The Kier molecular flexibility index (Phi) is 26.2. The molecule has 13 rings (SSSR count). The van der Waals surface area contributed by atoms with E-state index < -0.39 is 134 Å². The molecule has 4 N–H and O–H groups in total. The van der Waals surface area contributed by atoms with Crippen LogP contribution >= 0.6 is 34.0 Å². The van der Waals surface area contributed by atoms with E-state index in [-0.39, 0.29) is 69.6 Å². The standard InChI is InChI=1S/C25H28F2N4O3S.C23H19F7N4O3S.C18H12F5N3O2S.C7H13NO/c1-25(2,3)15-11-17-24(28-12-15)35-19(29-17)13-34-18-6-5-16(26)20(21(18)27)23(33)30-22(32)14-7-9-31(4)10-8-14;1-34-6-4-11(5-7-34)19(35)33-20(36)17-13(24)2-3-15(18(17)25)37-10-16-32-14-8-12(9-31-21(14)38-16)22(26,27)23(28,29)30;19-9-1-2-11(14(20)13(9)15(24)27)28-7-12-26-10-5-8(6-25-16(10)29-12)17(3-4-17)18(21,22)23;1-8-4-2-7(6-9)3-5-8/h5-6,11-12,14H,7-10,13H2,1-4H3,(H,30,32,33);2-3,8-9,11H,4-7,10H2,1H3,(H,33,35,36);1-2,5-6H,3-4,7H2,(H2,24,27);6-7H,2-5H2,1H3. The van der Waals surface area contributed by atoms with Crippen LogP contribution in [0.15, 0.2) is 73.2 Å². The van der Waals surface area contributed by atoms with E-state index in [1.54, 1.807) is 0 Å². The molecular weight excluding hydrogens is 1550 g/mol. The van der Waals surface area contributed by atoms with Crippen LogP contribution in [0.5, 0.6) is 17.2 Å². The summed E-state index contributed by atoms with van der Waals surface area (Å²) in [5, 5.41) is 5.09. The molecule has 1 saturated carbocycles. The van der Waals surface area contributed by atoms with E-state index in [9.17, 15) is 85.8 Å². The number of alkyl halides is 8. The summed E-state index contributed by atoms with van der Waals surface area (Å²) >= 11 is 3.17. The van der Waals surface area contributed by atoms with Crippen LogP contribution in [-0.2, 0) is 51.0 Å². The van der Waals surface area contributed by atoms with Gasteiger partial charge in [-0.15, -0.1) is 0 Å². The van der Waals surface area contributed by atoms with Crippen molar-refractivity contribution < 1.29 is 104 Å². The summed E-state index contributed by atoms with van der Waals surface area (Å²) in [5.74, 6) is -19.0. The normalized spacial score (nSPS) is 16.2. The number of aromatic nitrogens is 6. The fourth-order valence-electron chi connectivity index (χ4n) is 11.9. The number of nitrogens with zero attached hydrogens (tertiary/aromatic N) is 9. The predicted octanol–water partition coefficient (Wildman–Crippen LogP) is 14.0. The first-order chi connectivity index (χ1) is 52.2. The van der Waals surface area contributed by atoms with Crippen LogP contribution in [0.2, 0.25) is 0 Å². The van der Waals surface area contributed by atoms with Gasteiger partial charge in [0.05, 0.1) is 11.0 Å². The van der Waals surface area contributed by atoms with E-state index in [2.05, 4.69) is 72.8 Å². The molecule has 0 spiro atoms. The Balaban J connectivity index is 0.000000168. The van der Waals surface area contributed by atoms with E-state index in [1.807, 2.05) is 36.6 Å². The molecular formula is C73H72F14N12O9S3. The van der Waals surface area contributed by atoms with Crippen LogP contribution in [0.4, 0.5) is 61.5 Å². The number of hydrogen-bond donors (Lipinski definition) is 3. The Labute approximate surface area is 636 Å². The lowest BCUT2D eigenvalue weighted by Gasteiger charge is -2.27. The first kappa shape index (κ1) is 84.0. The number of pyridine rings is 3. The molecule has 0 bridgehead atoms. The molecule has 5 amide bonds. The largest absolute Gasteiger partial charge is 0.483 e. The third kappa shape index (κ3) is 20.1. The highest BCUT2D eigenvalue weighted by atomic mass is 32.1. The van der Waals surface area contributed by atoms with Crippen molar-refractivity contribution in [3.63, 3.8) is 0 Å². The molecule has 0 unspecified atom stereocenters. The molecule has 1 aliphatic carbocycles. The SMILES string of the molecule is CN1CCC(C(=O)NC(=O)c2c(F)ccc(OCc3nc4cc(C(C)(C)C)cnc4s3)c2F)CC1.CN1CCC(C(=O)NC(=O)c2c(F)ccc(OCc3nc4cc(C(F)(F)C(F)(F)F)cnc4s3)c2F)CC1.CN1CCC(C=O)CC1.NC(=O)c1c(F)ccc(OCc2nc3cc(C4(C(F)(F)F)CC4)cnc3s2)c1F. The van der Waals surface area contributed by atoms with Gasteiger partial charge >= 0.3 is 18.3 Å². The number of halogens is 14. The molecule has 111 heavy (non-hydrogen) atoms. The number of carbonyl (C=O) groups excluding carboxylic acids is 6. The smallest absolute Gasteiger partial charge is 0.458 e. The summed E-state index contributed by atoms with van der Waals surface area (Å²) in [6.07, 6.45) is -1.45. The number of primary amides is 1. The Morgan fingerprint density at radius 3 is 1.23 bits per heavy atom. The van der Waals surface area contributed by atoms with Crippen molar-refractivity contribution in [1.29, 1.82) is 0 Å². The molecule has 4 fully saturated rings. The van der Waals surface area contributed by atoms with Gasteiger partial charge < -0.3 is 39.4 Å². The maximum absolute atomic E-state index is 15.0. The Morgan fingerprint density at radius 2 is 0.874 bits per heavy atom. The summed E-state index contributed by atoms with van der Waals surface area (Å²) in [5.41, 5.74) is 0.651. The number of piperidine rings is 3. The molecule has 6 aromatic heterocycles. The molecule has 594 valence electrons. The number of benzene rings is 3. The third-order valence-corrected chi connectivity index (χ3v) is 21.7. The number of thiazole rings is 3. The number of fused-ring (bicyclic) bond motifs is 3. The topological polar surface area (TPSA) is 267 Å². The number of aldehydes is 1. The highest BCUT2D eigenvalue weighted by Crippen LogP contribution is 2.59. The van der Waals surface area contributed by atoms with E-state index >= 15 is 4.39 Å². The van der Waals surface area contributed by atoms with Gasteiger partial charge in [0.25, 0.3) is 17.7 Å². The number of nitrogens with two attached hydrogens (primary N) is 1. The van der Waals surface area contributed by atoms with Gasteiger partial charge in [0.15, 0.2) is 34.7 Å². The first-order valence-electron chi connectivity index (χ1n) is 34.4. The van der Waals surface area contributed by atoms with Gasteiger partial charge in [-0.1, -0.05) is 54.8 Å². The molecule has 0 atom stereocenters. The van der Waals surface area contributed by atoms with E-state index in [0.717, 1.165) is 115 Å². The van der Waals surface area contributed by atoms with Crippen LogP contribution in [0.25, 0.3) is 31.0 Å². The Morgan fingerprint density at radius 1 is 0.523 bits per heavy atom. The molecule has 9 heterocycles. The fourth-order valence-corrected chi connectivity index (χ4v) is 14.3. The zero-order chi connectivity index (χ0) is 80.8. The van der Waals surface area contributed by atoms with Crippen molar-refractivity contribution >= 4 is 101 Å². The van der Waals surface area contributed by atoms with Crippen LogP contribution in [0, 0.1) is 52.7 Å². The van der Waals surface area contributed by atoms with Gasteiger partial charge in [0, 0.05) is 36.3 Å². The van der Waals surface area contributed by atoms with E-state index in [1.165, 1.54) is 23.6 Å². The van der Waals surface area contributed by atoms with E-state index in [0.29, 0.717) is 77.3 Å². The first-order valence-corrected chi connectivity index (χ1v) is 36.8. The second kappa shape index (κ2) is 34.6. The third-order valence-electron chi connectivity index (χ3n) is 18.8. The van der Waals surface area contributed by atoms with Crippen molar-refractivity contribution in [1.82, 2.24) is 55.2 Å². The van der Waals surface area contributed by atoms with Gasteiger partial charge in [0.2, 0.25) is 11.8 Å². The minimum absolute atomic E-state index is 0.00975. The highest BCUT2D eigenvalue weighted by molar-refractivity contribution is 7.18. The lowest BCUT2D eigenvalue weighted by Crippen LogP contribution is -2.41. The number of amides is 5. The molecule has 3 aromatic carbocycles. The number of carbonyl (C=O) groups is 6. The predicted molar refractivity (Wildman–Crippen MR) is 380 cm³/mol. The van der Waals surface area contributed by atoms with Crippen molar-refractivity contribution in [3.05, 3.63) is 156 Å². The van der Waals surface area contributed by atoms with Gasteiger partial charge in [0.1, 0.15) is 106 Å². The van der Waals surface area contributed by atoms with Crippen LogP contribution in [-0.4, -0.2) is 153 Å². The van der Waals surface area contributed by atoms with Gasteiger partial charge in [-0.25, -0.2) is 56.2 Å². The molecule has 38 heteroatoms. The van der Waals surface area contributed by atoms with Crippen molar-refractivity contribution in [2.75, 3.05) is 60.4 Å². The van der Waals surface area contributed by atoms with Crippen molar-refractivity contribution in [3.8, 4) is 17.2 Å². The summed E-state index contributed by atoms with van der Waals surface area (Å²) in [6.45, 7) is 10.3. The zero-order valence-electron chi connectivity index (χ0n) is 60.1. The number of nitrogens with one attached hydrogen (secondary N) is 2. The van der Waals surface area contributed by atoms with Crippen LogP contribution in [0.3, 0.4) is 0 Å². The average Bonchev–Trinajstić information content (AvgIpc) is 1.57. The number of likely N-dealkylation sites (tertiary alicyclic amines) is 3. The summed E-state index contributed by atoms with van der Waals surface area (Å²) < 4.78 is 207. The van der Waals surface area contributed by atoms with Crippen molar-refractivity contribution in [2.45, 2.75) is 121 Å². The lowest BCUT2D eigenvalue weighted by atomic mass is 9.88. The summed E-state index contributed by atoms with van der Waals surface area (Å²) in [4.78, 5) is 103. The minimum atomic E-state index is -5.83. The Hall–Kier alpha value is -9.50. The zero-order valence-corrected chi connectivity index (χ0v) is 62.5. The minimum Gasteiger partial charge on any atom is -0.483 e. The van der Waals surface area contributed by atoms with Crippen LogP contribution < -0.4 is 30.6 Å². The lowest BCUT2D eigenvalue weighted by molar-refractivity contribution is -0.289. The molecule has 3 aliphatic heterocycles. The fraction of sp³-hybridized carbons (Fsp3) is 0.425. The van der Waals surface area contributed by atoms with Gasteiger partial charge in [-0.3, -0.25) is 34.6 Å². The quantitative estimate of drug-likeness (QED) is 0.0434. The number of ether oxygens (including phenoxy) is 3. The molecule has 3 saturated heterocycles. The number of imide groups is 2. The van der Waals surface area contributed by atoms with Crippen LogP contribution in [0.1, 0.15) is 135 Å². The second-order valence-electron chi connectivity index (χ2n) is 27.9.